The van der Waals surface area contributed by atoms with Gasteiger partial charge in [-0.3, -0.25) is 40.5 Å². The van der Waals surface area contributed by atoms with Crippen LogP contribution in [0.1, 0.15) is 33.4 Å². The molecule has 5 aliphatic rings. The lowest BCUT2D eigenvalue weighted by Gasteiger charge is -2.12. The summed E-state index contributed by atoms with van der Waals surface area (Å²) in [5.41, 5.74) is 9.85. The molecule has 1 aromatic heterocycles. The van der Waals surface area contributed by atoms with E-state index in [1.807, 2.05) is 72.8 Å². The van der Waals surface area contributed by atoms with Gasteiger partial charge in [0.2, 0.25) is 0 Å². The molecule has 4 heterocycles. The summed E-state index contributed by atoms with van der Waals surface area (Å²) in [7, 11) is 0. The summed E-state index contributed by atoms with van der Waals surface area (Å²) in [6.07, 6.45) is 7.42. The number of rotatable bonds is 8. The molecular formula is C50H29N7O8. The summed E-state index contributed by atoms with van der Waals surface area (Å²) >= 11 is 0. The number of fused-ring (bicyclic) bond motifs is 9. The van der Waals surface area contributed by atoms with Crippen molar-refractivity contribution in [2.24, 2.45) is 9.98 Å². The fourth-order valence-electron chi connectivity index (χ4n) is 8.46. The van der Waals surface area contributed by atoms with Gasteiger partial charge >= 0.3 is 0 Å². The summed E-state index contributed by atoms with van der Waals surface area (Å²) in [4.78, 5) is 59.4. The highest BCUT2D eigenvalue weighted by Gasteiger charge is 2.29. The average Bonchev–Trinajstić information content (AvgIpc) is 4.12. The molecular weight excluding hydrogens is 827 g/mol. The van der Waals surface area contributed by atoms with Crippen molar-refractivity contribution in [1.29, 1.82) is 0 Å². The van der Waals surface area contributed by atoms with Crippen LogP contribution < -0.4 is 10.7 Å². The van der Waals surface area contributed by atoms with Crippen molar-refractivity contribution in [2.45, 2.75) is 0 Å². The van der Waals surface area contributed by atoms with Gasteiger partial charge in [-0.15, -0.1) is 0 Å². The molecule has 0 unspecified atom stereocenters. The van der Waals surface area contributed by atoms with Crippen LogP contribution in [0.25, 0.3) is 33.4 Å². The zero-order valence-corrected chi connectivity index (χ0v) is 33.6. The van der Waals surface area contributed by atoms with Gasteiger partial charge < -0.3 is 4.98 Å². The molecule has 10 rings (SSSR count). The molecule has 8 bridgehead atoms. The number of nitro benzene ring substituents is 4. The Kier molecular flexibility index (Phi) is 9.61. The van der Waals surface area contributed by atoms with E-state index >= 15 is 0 Å². The average molecular weight is 856 g/mol. The Labute approximate surface area is 367 Å². The Balaban J connectivity index is 1.36. The second-order valence-corrected chi connectivity index (χ2v) is 15.1. The third-order valence-electron chi connectivity index (χ3n) is 11.4. The normalized spacial score (nSPS) is 14.2. The summed E-state index contributed by atoms with van der Waals surface area (Å²) in [5.74, 6) is 0. The molecule has 0 amide bonds. The van der Waals surface area contributed by atoms with Crippen LogP contribution in [0, 0.1) is 40.5 Å². The molecule has 2 aliphatic carbocycles. The number of benzene rings is 4. The molecule has 0 atom stereocenters. The molecule has 15 heteroatoms. The second-order valence-electron chi connectivity index (χ2n) is 15.1. The Bertz CT molecular complexity index is 3280. The number of aromatic nitrogens is 1. The van der Waals surface area contributed by atoms with Crippen molar-refractivity contribution in [3.63, 3.8) is 0 Å². The zero-order valence-electron chi connectivity index (χ0n) is 33.6. The Morgan fingerprint density at radius 1 is 0.354 bits per heavy atom. The fraction of sp³-hybridized carbons (Fsp3) is 0. The van der Waals surface area contributed by atoms with E-state index in [9.17, 15) is 40.5 Å². The van der Waals surface area contributed by atoms with Crippen molar-refractivity contribution in [3.05, 3.63) is 266 Å². The number of non-ortho nitro benzene ring substituents is 4. The summed E-state index contributed by atoms with van der Waals surface area (Å²) in [6.45, 7) is 0. The number of aliphatic imine (C=N–C) groups is 2. The lowest BCUT2D eigenvalue weighted by molar-refractivity contribution is -0.385. The van der Waals surface area contributed by atoms with Crippen molar-refractivity contribution < 1.29 is 19.7 Å². The lowest BCUT2D eigenvalue weighted by atomic mass is 9.93. The minimum absolute atomic E-state index is 0.0914. The number of hydrogen-bond donors (Lipinski definition) is 1. The predicted molar refractivity (Wildman–Crippen MR) is 246 cm³/mol. The van der Waals surface area contributed by atoms with E-state index < -0.39 is 19.7 Å². The van der Waals surface area contributed by atoms with Crippen molar-refractivity contribution >= 4 is 56.5 Å². The third kappa shape index (κ3) is 7.10. The maximum Gasteiger partial charge on any atom is 0.269 e. The van der Waals surface area contributed by atoms with Gasteiger partial charge in [-0.25, -0.2) is 9.98 Å². The first kappa shape index (κ1) is 39.6. The van der Waals surface area contributed by atoms with Crippen molar-refractivity contribution in [1.82, 2.24) is 4.98 Å². The fourth-order valence-corrected chi connectivity index (χ4v) is 8.46. The molecule has 0 radical (unpaired) electrons. The second kappa shape index (κ2) is 15.8. The number of nitrogens with one attached hydrogen (secondary N) is 1. The van der Waals surface area contributed by atoms with Gasteiger partial charge in [0.05, 0.1) is 42.5 Å². The largest absolute Gasteiger partial charge is 0.354 e. The summed E-state index contributed by atoms with van der Waals surface area (Å²) < 4.78 is 0. The topological polar surface area (TPSA) is 213 Å². The molecule has 0 spiro atoms. The van der Waals surface area contributed by atoms with Crippen LogP contribution in [-0.2, 0) is 0 Å². The highest BCUT2D eigenvalue weighted by molar-refractivity contribution is 6.32. The SMILES string of the molecule is O=[N+]([O-])c1ccc(C2=C3C=CC(=N3)C(c3ccc([N+](=O)[O-])cc3)=c3ccc([nH]3)=C(c3ccc([N+](=O)[O-])cc3)C3=NC(=C(c4ccc([N+](=O)[O-])cc4)c4cc2c2cccccc4-2)C=C3)cc1. The first-order valence-corrected chi connectivity index (χ1v) is 20.0. The number of nitro groups is 4. The van der Waals surface area contributed by atoms with Gasteiger partial charge in [-0.05, 0) is 136 Å². The monoisotopic (exact) mass is 855 g/mol. The van der Waals surface area contributed by atoms with E-state index in [4.69, 9.17) is 9.98 Å². The molecule has 0 fully saturated rings. The first-order chi connectivity index (χ1) is 31.5. The highest BCUT2D eigenvalue weighted by Crippen LogP contribution is 2.46. The Morgan fingerprint density at radius 2 is 0.677 bits per heavy atom. The van der Waals surface area contributed by atoms with E-state index in [2.05, 4.69) is 4.98 Å². The van der Waals surface area contributed by atoms with Gasteiger partial charge in [0.1, 0.15) is 0 Å². The van der Waals surface area contributed by atoms with E-state index in [1.165, 1.54) is 48.5 Å². The standard InChI is InChI=1S/C50H29N7O8/c58-54(59)33-14-6-29(7-15-33)47-39-28-40(38-5-3-1-2-4-37(38)39)48(30-8-16-34(17-9-30)55(60)61)42-23-25-44(52-42)50(32-12-20-36(21-13-32)57(64)65)46-27-26-45(53-46)49(43-24-22-41(47)51-43)31-10-18-35(19-11-31)56(62)63/h1-28,53H. The quantitative estimate of drug-likeness (QED) is 0.115. The molecule has 5 aromatic rings. The number of aromatic amines is 1. The van der Waals surface area contributed by atoms with E-state index in [-0.39, 0.29) is 22.7 Å². The highest BCUT2D eigenvalue weighted by atomic mass is 16.6. The van der Waals surface area contributed by atoms with Crippen molar-refractivity contribution in [3.8, 4) is 11.1 Å². The van der Waals surface area contributed by atoms with Gasteiger partial charge in [0.25, 0.3) is 22.7 Å². The van der Waals surface area contributed by atoms with Crippen LogP contribution >= 0.6 is 0 Å². The smallest absolute Gasteiger partial charge is 0.269 e. The van der Waals surface area contributed by atoms with Crippen LogP contribution in [0.15, 0.2) is 191 Å². The van der Waals surface area contributed by atoms with Gasteiger partial charge in [0, 0.05) is 81.5 Å². The maximum absolute atomic E-state index is 11.8. The van der Waals surface area contributed by atoms with Gasteiger partial charge in [-0.2, -0.15) is 0 Å². The molecule has 1 N–H and O–H groups in total. The molecule has 15 nitrogen and oxygen atoms in total. The van der Waals surface area contributed by atoms with Crippen LogP contribution in [0.4, 0.5) is 22.7 Å². The molecule has 4 aromatic carbocycles. The summed E-state index contributed by atoms with van der Waals surface area (Å²) in [5, 5.41) is 48.3. The minimum atomic E-state index is -0.472. The van der Waals surface area contributed by atoms with Crippen molar-refractivity contribution in [2.75, 3.05) is 0 Å². The van der Waals surface area contributed by atoms with Gasteiger partial charge in [0.15, 0.2) is 0 Å². The Morgan fingerprint density at radius 3 is 1.00 bits per heavy atom. The predicted octanol–water partition coefficient (Wildman–Crippen LogP) is 9.40. The zero-order chi connectivity index (χ0) is 44.9. The van der Waals surface area contributed by atoms with E-state index in [0.29, 0.717) is 78.1 Å². The number of hydrogen-bond acceptors (Lipinski definition) is 10. The van der Waals surface area contributed by atoms with Crippen LogP contribution in [-0.4, -0.2) is 36.1 Å². The molecule has 65 heavy (non-hydrogen) atoms. The molecule has 312 valence electrons. The Hall–Kier alpha value is -9.50. The number of H-pyrrole nitrogens is 1. The number of allylic oxidation sites excluding steroid dienone is 4. The third-order valence-corrected chi connectivity index (χ3v) is 11.4. The number of nitrogens with zero attached hydrogens (tertiary/aromatic N) is 6. The maximum atomic E-state index is 11.8. The van der Waals surface area contributed by atoms with Crippen LogP contribution in [0.5, 0.6) is 0 Å². The van der Waals surface area contributed by atoms with Crippen LogP contribution in [0.2, 0.25) is 0 Å². The lowest BCUT2D eigenvalue weighted by Crippen LogP contribution is -2.21. The first-order valence-electron chi connectivity index (χ1n) is 20.0. The molecule has 3 aliphatic heterocycles. The molecule has 0 saturated carbocycles. The van der Waals surface area contributed by atoms with Crippen LogP contribution in [0.3, 0.4) is 0 Å². The minimum Gasteiger partial charge on any atom is -0.354 e. The summed E-state index contributed by atoms with van der Waals surface area (Å²) in [6, 6.07) is 40.2. The van der Waals surface area contributed by atoms with Gasteiger partial charge in [-0.1, -0.05) is 30.3 Å². The van der Waals surface area contributed by atoms with E-state index in [0.717, 1.165) is 22.3 Å². The molecule has 0 saturated heterocycles. The van der Waals surface area contributed by atoms with E-state index in [1.54, 1.807) is 48.5 Å².